The van der Waals surface area contributed by atoms with Crippen LogP contribution in [0.1, 0.15) is 27.8 Å². The van der Waals surface area contributed by atoms with Crippen LogP contribution in [0.2, 0.25) is 0 Å². The monoisotopic (exact) mass is 812 g/mol. The molecule has 2 nitrogen and oxygen atoms in total. The van der Waals surface area contributed by atoms with Gasteiger partial charge in [-0.05, 0) is 97.3 Å². The Morgan fingerprint density at radius 1 is 0.442 bits per heavy atom. The van der Waals surface area contributed by atoms with Gasteiger partial charge in [0.2, 0.25) is 0 Å². The average Bonchev–Trinajstić information content (AvgIpc) is 3.78. The Morgan fingerprint density at radius 3 is 2.13 bits per heavy atom. The largest absolute Gasteiger partial charge is 0.222 e. The maximum Gasteiger partial charge on any atom is 0.161 e. The number of aliphatic imine (C=N–C) groups is 2. The first-order chi connectivity index (χ1) is 25.7. The zero-order chi connectivity index (χ0) is 34.2. The van der Waals surface area contributed by atoms with Crippen LogP contribution in [0.5, 0.6) is 0 Å². The maximum atomic E-state index is 5.43. The summed E-state index contributed by atoms with van der Waals surface area (Å²) in [6, 6.07) is 55.7. The number of halogens is 1. The molecule has 2 aromatic heterocycles. The molecule has 9 aromatic rings. The third-order valence-corrected chi connectivity index (χ3v) is 15.5. The van der Waals surface area contributed by atoms with E-state index in [1.807, 2.05) is 22.7 Å². The Morgan fingerprint density at radius 2 is 1.17 bits per heavy atom. The molecule has 1 aliphatic carbocycles. The molecule has 0 fully saturated rings. The first-order valence-electron chi connectivity index (χ1n) is 17.6. The minimum absolute atomic E-state index is 0.598. The summed E-state index contributed by atoms with van der Waals surface area (Å²) in [5, 5.41) is 5.22. The SMILES string of the molecule is c1ccc(C2=NC(c3ccc4sc5cc(-c6cccc7c6sc6ccccc67)ccc5c4c3)=NC(c3cccc4c3CCc3ccccc3-4)=I2)cc1. The fourth-order valence-electron chi connectivity index (χ4n) is 7.89. The van der Waals surface area contributed by atoms with Gasteiger partial charge in [0.25, 0.3) is 0 Å². The molecule has 5 heteroatoms. The zero-order valence-electron chi connectivity index (χ0n) is 27.9. The Kier molecular flexibility index (Phi) is 7.20. The molecule has 246 valence electrons. The van der Waals surface area contributed by atoms with E-state index in [1.54, 1.807) is 0 Å². The summed E-state index contributed by atoms with van der Waals surface area (Å²) in [4.78, 5) is 10.8. The molecule has 52 heavy (non-hydrogen) atoms. The lowest BCUT2D eigenvalue weighted by Gasteiger charge is -2.23. The first kappa shape index (κ1) is 30.5. The highest BCUT2D eigenvalue weighted by Crippen LogP contribution is 2.43. The van der Waals surface area contributed by atoms with Gasteiger partial charge in [-0.2, -0.15) is 0 Å². The third-order valence-electron chi connectivity index (χ3n) is 10.4. The van der Waals surface area contributed by atoms with Crippen molar-refractivity contribution in [1.82, 2.24) is 0 Å². The maximum absolute atomic E-state index is 5.43. The van der Waals surface area contributed by atoms with Gasteiger partial charge in [-0.3, -0.25) is 0 Å². The minimum Gasteiger partial charge on any atom is -0.222 e. The lowest BCUT2D eigenvalue weighted by atomic mass is 9.83. The van der Waals surface area contributed by atoms with Gasteiger partial charge in [0, 0.05) is 57.0 Å². The second-order valence-corrected chi connectivity index (χ2v) is 18.1. The normalized spacial score (nSPS) is 14.1. The van der Waals surface area contributed by atoms with Crippen molar-refractivity contribution in [3.8, 4) is 22.3 Å². The molecule has 0 N–H and O–H groups in total. The van der Waals surface area contributed by atoms with Crippen molar-refractivity contribution in [2.24, 2.45) is 9.98 Å². The van der Waals surface area contributed by atoms with E-state index >= 15 is 0 Å². The molecule has 3 heterocycles. The number of hydrogen-bond acceptors (Lipinski definition) is 4. The fourth-order valence-corrected chi connectivity index (χ4v) is 12.9. The Balaban J connectivity index is 1.03. The molecular formula is C47H29IN2S2. The number of nitrogens with zero attached hydrogens (tertiary/aromatic N) is 2. The van der Waals surface area contributed by atoms with E-state index in [9.17, 15) is 0 Å². The van der Waals surface area contributed by atoms with E-state index in [-0.39, 0.29) is 0 Å². The highest BCUT2D eigenvalue weighted by Gasteiger charge is 2.23. The van der Waals surface area contributed by atoms with Crippen molar-refractivity contribution in [3.05, 3.63) is 179 Å². The summed E-state index contributed by atoms with van der Waals surface area (Å²) in [5.41, 5.74) is 11.7. The molecule has 0 saturated heterocycles. The number of rotatable bonds is 4. The van der Waals surface area contributed by atoms with Crippen molar-refractivity contribution in [1.29, 1.82) is 0 Å². The van der Waals surface area contributed by atoms with Crippen molar-refractivity contribution in [2.45, 2.75) is 12.8 Å². The highest BCUT2D eigenvalue weighted by atomic mass is 127. The van der Waals surface area contributed by atoms with Gasteiger partial charge >= 0.3 is 0 Å². The number of thiophene rings is 2. The average molecular weight is 813 g/mol. The predicted molar refractivity (Wildman–Crippen MR) is 235 cm³/mol. The molecule has 7 aromatic carbocycles. The van der Waals surface area contributed by atoms with Crippen LogP contribution < -0.4 is 0 Å². The molecule has 0 atom stereocenters. The van der Waals surface area contributed by atoms with Gasteiger partial charge < -0.3 is 0 Å². The summed E-state index contributed by atoms with van der Waals surface area (Å²) >= 11 is 3.16. The van der Waals surface area contributed by atoms with Crippen LogP contribution in [0, 0.1) is 0 Å². The molecular weight excluding hydrogens is 784 g/mol. The first-order valence-corrected chi connectivity index (χ1v) is 21.4. The van der Waals surface area contributed by atoms with Crippen LogP contribution in [0.25, 0.3) is 62.6 Å². The molecule has 0 radical (unpaired) electrons. The molecule has 1 aliphatic heterocycles. The van der Waals surface area contributed by atoms with E-state index in [0.717, 1.165) is 24.2 Å². The molecule has 0 amide bonds. The second-order valence-electron chi connectivity index (χ2n) is 13.4. The van der Waals surface area contributed by atoms with Gasteiger partial charge in [-0.1, -0.05) is 121 Å². The Hall–Kier alpha value is -5.08. The molecule has 2 aliphatic rings. The van der Waals surface area contributed by atoms with Crippen LogP contribution in [0.15, 0.2) is 162 Å². The van der Waals surface area contributed by atoms with Gasteiger partial charge in [0.15, 0.2) is 5.84 Å². The summed E-state index contributed by atoms with van der Waals surface area (Å²) in [6.07, 6.45) is 2.09. The van der Waals surface area contributed by atoms with Crippen molar-refractivity contribution >= 4 is 96.9 Å². The van der Waals surface area contributed by atoms with Gasteiger partial charge in [-0.25, -0.2) is 9.98 Å². The number of aryl methyl sites for hydroxylation is 1. The number of fused-ring (bicyclic) bond motifs is 9. The lowest BCUT2D eigenvalue weighted by molar-refractivity contribution is 0.939. The van der Waals surface area contributed by atoms with E-state index in [0.29, 0.717) is 0 Å². The van der Waals surface area contributed by atoms with E-state index in [4.69, 9.17) is 9.98 Å². The number of benzene rings is 7. The predicted octanol–water partition coefficient (Wildman–Crippen LogP) is 13.2. The Labute approximate surface area is 319 Å². The molecule has 0 spiro atoms. The minimum atomic E-state index is -0.598. The highest BCUT2D eigenvalue weighted by molar-refractivity contribution is 14.2. The third kappa shape index (κ3) is 4.98. The molecule has 0 saturated carbocycles. The molecule has 0 bridgehead atoms. The van der Waals surface area contributed by atoms with Gasteiger partial charge in [0.1, 0.15) is 7.35 Å². The van der Waals surface area contributed by atoms with E-state index < -0.39 is 20.7 Å². The summed E-state index contributed by atoms with van der Waals surface area (Å²) in [5.74, 6) is 0.808. The van der Waals surface area contributed by atoms with Crippen molar-refractivity contribution in [2.75, 3.05) is 0 Å². The smallest absolute Gasteiger partial charge is 0.161 e. The van der Waals surface area contributed by atoms with Crippen LogP contribution >= 0.6 is 43.4 Å². The van der Waals surface area contributed by atoms with E-state index in [2.05, 4.69) is 152 Å². The molecule has 0 unspecified atom stereocenters. The summed E-state index contributed by atoms with van der Waals surface area (Å²) < 4.78 is 7.65. The van der Waals surface area contributed by atoms with Crippen molar-refractivity contribution in [3.63, 3.8) is 0 Å². The van der Waals surface area contributed by atoms with Gasteiger partial charge in [0.05, 0.1) is 0 Å². The lowest BCUT2D eigenvalue weighted by Crippen LogP contribution is -2.14. The van der Waals surface area contributed by atoms with E-state index in [1.165, 1.54) is 92.2 Å². The topological polar surface area (TPSA) is 24.7 Å². The molecule has 11 rings (SSSR count). The zero-order valence-corrected chi connectivity index (χ0v) is 31.7. The van der Waals surface area contributed by atoms with Crippen molar-refractivity contribution < 1.29 is 0 Å². The quantitative estimate of drug-likeness (QED) is 0.158. The van der Waals surface area contributed by atoms with Crippen LogP contribution in [-0.2, 0) is 12.8 Å². The standard InChI is InChI=1S/C47H29IN2S2/c1-2-11-29(12-3-1)45-48-46(39-18-9-16-34-32-13-5-4-10-28(32)20-23-35(34)39)50-47(49-45)31-22-25-42-40(26-31)37-24-21-30(27-43(37)51-42)33-15-8-17-38-36-14-6-7-19-41(36)52-44(33)38/h1-19,21-22,24-27H,20,23H2. The fraction of sp³-hybridized carbons (Fsp3) is 0.0426. The van der Waals surface area contributed by atoms with Crippen LogP contribution in [0.3, 0.4) is 0 Å². The second kappa shape index (κ2) is 12.3. The van der Waals surface area contributed by atoms with Crippen LogP contribution in [-0.4, -0.2) is 13.2 Å². The number of hydrogen-bond donors (Lipinski definition) is 0. The van der Waals surface area contributed by atoms with Crippen LogP contribution in [0.4, 0.5) is 0 Å². The summed E-state index contributed by atoms with van der Waals surface area (Å²) in [6.45, 7) is 0. The number of amidine groups is 1. The Bertz CT molecular complexity index is 3020. The van der Waals surface area contributed by atoms with Gasteiger partial charge in [-0.15, -0.1) is 22.7 Å². The summed E-state index contributed by atoms with van der Waals surface area (Å²) in [7, 11) is 0.